The summed E-state index contributed by atoms with van der Waals surface area (Å²) in [6, 6.07) is 14.9. The van der Waals surface area contributed by atoms with Gasteiger partial charge in [-0.15, -0.1) is 0 Å². The summed E-state index contributed by atoms with van der Waals surface area (Å²) in [5.74, 6) is -2.43. The molecule has 7 nitrogen and oxygen atoms in total. The number of hydrogen-bond acceptors (Lipinski definition) is 6. The van der Waals surface area contributed by atoms with Gasteiger partial charge in [0.25, 0.3) is 11.1 Å². The number of thioether (sulfide) groups is 1. The molecule has 0 bridgehead atoms. The van der Waals surface area contributed by atoms with Crippen molar-refractivity contribution in [1.82, 2.24) is 4.90 Å². The number of aromatic carboxylic acids is 1. The predicted molar refractivity (Wildman–Crippen MR) is 112 cm³/mol. The van der Waals surface area contributed by atoms with Gasteiger partial charge in [0.05, 0.1) is 10.9 Å². The maximum Gasteiger partial charge on any atom is 0.294 e. The van der Waals surface area contributed by atoms with Gasteiger partial charge < -0.3 is 15.2 Å². The molecule has 2 aromatic rings. The number of rotatable bonds is 6. The average Bonchev–Trinajstić information content (AvgIpc) is 2.96. The molecule has 1 fully saturated rings. The standard InChI is InChI=1S/C22H18N2O5S/c1-14(11-15-5-3-2-4-6-15)12-18-20(26)24(22(29)30-18)13-19(25)23-17-9-7-16(8-10-17)21(27)28/h2-12H,13H2,1H3,(H,23,25)(H,27,28)/p-1/b14-11+,18-12-. The van der Waals surface area contributed by atoms with Crippen molar-refractivity contribution in [2.75, 3.05) is 11.9 Å². The highest BCUT2D eigenvalue weighted by atomic mass is 32.2. The lowest BCUT2D eigenvalue weighted by Gasteiger charge is -2.12. The number of anilines is 1. The monoisotopic (exact) mass is 421 g/mol. The number of imide groups is 1. The lowest BCUT2D eigenvalue weighted by Crippen LogP contribution is -2.36. The van der Waals surface area contributed by atoms with Crippen LogP contribution in [0.25, 0.3) is 6.08 Å². The lowest BCUT2D eigenvalue weighted by atomic mass is 10.1. The Hall–Kier alpha value is -3.65. The van der Waals surface area contributed by atoms with Gasteiger partial charge >= 0.3 is 0 Å². The molecule has 30 heavy (non-hydrogen) atoms. The summed E-state index contributed by atoms with van der Waals surface area (Å²) in [7, 11) is 0. The highest BCUT2D eigenvalue weighted by Gasteiger charge is 2.36. The molecule has 0 saturated carbocycles. The Morgan fingerprint density at radius 2 is 1.73 bits per heavy atom. The number of benzene rings is 2. The number of carboxylic acid groups (broad SMARTS) is 1. The maximum atomic E-state index is 12.5. The van der Waals surface area contributed by atoms with Crippen molar-refractivity contribution in [3.05, 3.63) is 82.3 Å². The Kier molecular flexibility index (Phi) is 6.48. The second-order valence-electron chi connectivity index (χ2n) is 6.48. The zero-order valence-electron chi connectivity index (χ0n) is 16.0. The van der Waals surface area contributed by atoms with Gasteiger partial charge in [0.1, 0.15) is 6.54 Å². The van der Waals surface area contributed by atoms with E-state index in [2.05, 4.69) is 5.32 Å². The van der Waals surface area contributed by atoms with Crippen LogP contribution in [-0.2, 0) is 9.59 Å². The zero-order valence-corrected chi connectivity index (χ0v) is 16.8. The van der Waals surface area contributed by atoms with Crippen molar-refractivity contribution in [2.24, 2.45) is 0 Å². The number of nitrogens with one attached hydrogen (secondary N) is 1. The Morgan fingerprint density at radius 3 is 2.37 bits per heavy atom. The Labute approximate surface area is 177 Å². The van der Waals surface area contributed by atoms with Crippen LogP contribution < -0.4 is 10.4 Å². The Balaban J connectivity index is 1.65. The topological polar surface area (TPSA) is 107 Å². The smallest absolute Gasteiger partial charge is 0.294 e. The fourth-order valence-electron chi connectivity index (χ4n) is 2.73. The summed E-state index contributed by atoms with van der Waals surface area (Å²) in [6.07, 6.45) is 3.51. The molecular weight excluding hydrogens is 404 g/mol. The van der Waals surface area contributed by atoms with Gasteiger partial charge in [0, 0.05) is 5.69 Å². The molecule has 0 aromatic heterocycles. The number of carbonyl (C=O) groups excluding carboxylic acids is 4. The number of nitrogens with zero attached hydrogens (tertiary/aromatic N) is 1. The van der Waals surface area contributed by atoms with Crippen LogP contribution in [0.3, 0.4) is 0 Å². The Morgan fingerprint density at radius 1 is 1.07 bits per heavy atom. The molecule has 1 heterocycles. The predicted octanol–water partition coefficient (Wildman–Crippen LogP) is 2.67. The largest absolute Gasteiger partial charge is 0.545 e. The number of allylic oxidation sites excluding steroid dienone is 2. The fourth-order valence-corrected chi connectivity index (χ4v) is 3.62. The van der Waals surface area contributed by atoms with Crippen LogP contribution in [0.2, 0.25) is 0 Å². The van der Waals surface area contributed by atoms with E-state index in [0.717, 1.165) is 27.8 Å². The number of carbonyl (C=O) groups is 4. The minimum atomic E-state index is -1.32. The van der Waals surface area contributed by atoms with Crippen molar-refractivity contribution in [3.8, 4) is 0 Å². The molecule has 3 amide bonds. The molecule has 152 valence electrons. The van der Waals surface area contributed by atoms with Crippen LogP contribution in [0.15, 0.2) is 71.2 Å². The molecule has 1 aliphatic rings. The third-order valence-corrected chi connectivity index (χ3v) is 5.04. The highest BCUT2D eigenvalue weighted by molar-refractivity contribution is 8.18. The van der Waals surface area contributed by atoms with Crippen LogP contribution in [0.4, 0.5) is 10.5 Å². The van der Waals surface area contributed by atoms with Crippen molar-refractivity contribution < 1.29 is 24.3 Å². The molecule has 0 aliphatic carbocycles. The van der Waals surface area contributed by atoms with Crippen LogP contribution >= 0.6 is 11.8 Å². The zero-order chi connectivity index (χ0) is 21.7. The third kappa shape index (κ3) is 5.24. The SMILES string of the molecule is CC(/C=C1\SC(=O)N(CC(=O)Nc2ccc(C(=O)[O-])cc2)C1=O)=C\c1ccccc1. The van der Waals surface area contributed by atoms with Gasteiger partial charge in [-0.2, -0.15) is 0 Å². The van der Waals surface area contributed by atoms with E-state index in [1.807, 2.05) is 43.3 Å². The minimum absolute atomic E-state index is 0.0250. The first-order valence-corrected chi connectivity index (χ1v) is 9.75. The van der Waals surface area contributed by atoms with E-state index in [-0.39, 0.29) is 10.5 Å². The quantitative estimate of drug-likeness (QED) is 0.719. The molecular formula is C22H17N2O5S-. The van der Waals surface area contributed by atoms with Crippen molar-refractivity contribution in [1.29, 1.82) is 0 Å². The van der Waals surface area contributed by atoms with Crippen LogP contribution in [0.5, 0.6) is 0 Å². The van der Waals surface area contributed by atoms with Gasteiger partial charge in [-0.25, -0.2) is 0 Å². The number of carboxylic acids is 1. The summed E-state index contributed by atoms with van der Waals surface area (Å²) in [4.78, 5) is 48.8. The molecule has 0 radical (unpaired) electrons. The van der Waals surface area contributed by atoms with Gasteiger partial charge in [0.2, 0.25) is 5.91 Å². The van der Waals surface area contributed by atoms with Crippen molar-refractivity contribution >= 4 is 46.5 Å². The first-order chi connectivity index (χ1) is 14.3. The third-order valence-electron chi connectivity index (χ3n) is 4.13. The van der Waals surface area contributed by atoms with E-state index < -0.39 is 29.6 Å². The fraction of sp³-hybridized carbons (Fsp3) is 0.0909. The lowest BCUT2D eigenvalue weighted by molar-refractivity contribution is -0.255. The van der Waals surface area contributed by atoms with Crippen LogP contribution in [0, 0.1) is 0 Å². The normalized spacial score (nSPS) is 15.6. The molecule has 1 N–H and O–H groups in total. The molecule has 1 saturated heterocycles. The average molecular weight is 421 g/mol. The number of amides is 3. The van der Waals surface area contributed by atoms with Crippen molar-refractivity contribution in [2.45, 2.75) is 6.92 Å². The van der Waals surface area contributed by atoms with Gasteiger partial charge in [-0.3, -0.25) is 19.3 Å². The second-order valence-corrected chi connectivity index (χ2v) is 7.47. The molecule has 2 aromatic carbocycles. The van der Waals surface area contributed by atoms with Crippen molar-refractivity contribution in [3.63, 3.8) is 0 Å². The Bertz CT molecular complexity index is 1060. The van der Waals surface area contributed by atoms with E-state index in [1.54, 1.807) is 6.08 Å². The van der Waals surface area contributed by atoms with E-state index >= 15 is 0 Å². The summed E-state index contributed by atoms with van der Waals surface area (Å²) < 4.78 is 0. The van der Waals surface area contributed by atoms with E-state index in [4.69, 9.17) is 0 Å². The first kappa shape index (κ1) is 21.1. The summed E-state index contributed by atoms with van der Waals surface area (Å²) in [5.41, 5.74) is 2.08. The summed E-state index contributed by atoms with van der Waals surface area (Å²) >= 11 is 0.780. The summed E-state index contributed by atoms with van der Waals surface area (Å²) in [6.45, 7) is 1.38. The molecule has 8 heteroatoms. The van der Waals surface area contributed by atoms with E-state index in [9.17, 15) is 24.3 Å². The number of hydrogen-bond donors (Lipinski definition) is 1. The second kappa shape index (κ2) is 9.23. The molecule has 0 spiro atoms. The molecule has 1 aliphatic heterocycles. The van der Waals surface area contributed by atoms with Gasteiger partial charge in [0.15, 0.2) is 0 Å². The molecule has 3 rings (SSSR count). The van der Waals surface area contributed by atoms with Crippen LogP contribution in [0.1, 0.15) is 22.8 Å². The van der Waals surface area contributed by atoms with E-state index in [1.165, 1.54) is 24.3 Å². The van der Waals surface area contributed by atoms with Gasteiger partial charge in [-0.1, -0.05) is 48.5 Å². The first-order valence-electron chi connectivity index (χ1n) is 8.93. The van der Waals surface area contributed by atoms with Gasteiger partial charge in [-0.05, 0) is 53.6 Å². The summed E-state index contributed by atoms with van der Waals surface area (Å²) in [5, 5.41) is 12.8. The van der Waals surface area contributed by atoms with Crippen LogP contribution in [-0.4, -0.2) is 34.5 Å². The molecule has 0 unspecified atom stereocenters. The van der Waals surface area contributed by atoms with E-state index in [0.29, 0.717) is 5.69 Å². The minimum Gasteiger partial charge on any atom is -0.545 e. The maximum absolute atomic E-state index is 12.5. The highest BCUT2D eigenvalue weighted by Crippen LogP contribution is 2.31. The molecule has 0 atom stereocenters.